The highest BCUT2D eigenvalue weighted by molar-refractivity contribution is 9.10. The Kier molecular flexibility index (Phi) is 4.09. The van der Waals surface area contributed by atoms with Crippen LogP contribution >= 0.6 is 15.9 Å². The number of nitrogens with one attached hydrogen (secondary N) is 1. The van der Waals surface area contributed by atoms with Gasteiger partial charge in [0.1, 0.15) is 4.47 Å². The molecule has 0 aliphatic rings. The van der Waals surface area contributed by atoms with Crippen LogP contribution < -0.4 is 10.9 Å². The van der Waals surface area contributed by atoms with Crippen LogP contribution in [0.4, 0.5) is 5.69 Å². The number of pyridine rings is 1. The van der Waals surface area contributed by atoms with Crippen LogP contribution in [0.15, 0.2) is 39.9 Å². The van der Waals surface area contributed by atoms with Crippen molar-refractivity contribution in [3.8, 4) is 0 Å². The van der Waals surface area contributed by atoms with Crippen LogP contribution in [-0.2, 0) is 13.5 Å². The summed E-state index contributed by atoms with van der Waals surface area (Å²) in [6.07, 6.45) is 4.19. The summed E-state index contributed by atoms with van der Waals surface area (Å²) in [5.41, 5.74) is 1.56. The first-order valence-electron chi connectivity index (χ1n) is 5.54. The molecule has 0 radical (unpaired) electrons. The summed E-state index contributed by atoms with van der Waals surface area (Å²) in [6.45, 7) is 0.699. The van der Waals surface area contributed by atoms with Gasteiger partial charge in [0.2, 0.25) is 0 Å². The molecule has 2 aromatic heterocycles. The molecule has 0 atom stereocenters. The number of hydrogen-bond acceptors (Lipinski definition) is 4. The van der Waals surface area contributed by atoms with Crippen LogP contribution in [0.5, 0.6) is 0 Å². The van der Waals surface area contributed by atoms with Crippen LogP contribution in [0.3, 0.4) is 0 Å². The van der Waals surface area contributed by atoms with Gasteiger partial charge in [-0.05, 0) is 28.1 Å². The van der Waals surface area contributed by atoms with Crippen molar-refractivity contribution in [1.29, 1.82) is 0 Å². The summed E-state index contributed by atoms with van der Waals surface area (Å²) in [7, 11) is 1.62. The van der Waals surface area contributed by atoms with Crippen molar-refractivity contribution in [3.63, 3.8) is 0 Å². The Hall–Kier alpha value is -1.69. The Balaban J connectivity index is 1.99. The summed E-state index contributed by atoms with van der Waals surface area (Å²) in [5.74, 6) is 0. The van der Waals surface area contributed by atoms with Gasteiger partial charge < -0.3 is 5.32 Å². The molecule has 0 unspecified atom stereocenters. The molecule has 0 aliphatic heterocycles. The molecule has 18 heavy (non-hydrogen) atoms. The zero-order valence-electron chi connectivity index (χ0n) is 9.93. The lowest BCUT2D eigenvalue weighted by Gasteiger charge is -2.08. The fraction of sp³-hybridized carbons (Fsp3) is 0.250. The van der Waals surface area contributed by atoms with Crippen molar-refractivity contribution < 1.29 is 0 Å². The first kappa shape index (κ1) is 12.8. The van der Waals surface area contributed by atoms with Gasteiger partial charge in [0, 0.05) is 31.9 Å². The summed E-state index contributed by atoms with van der Waals surface area (Å²) >= 11 is 3.27. The number of hydrogen-bond donors (Lipinski definition) is 1. The largest absolute Gasteiger partial charge is 0.382 e. The second-order valence-electron chi connectivity index (χ2n) is 3.80. The van der Waals surface area contributed by atoms with E-state index in [9.17, 15) is 4.79 Å². The normalized spacial score (nSPS) is 10.3. The minimum atomic E-state index is -0.155. The van der Waals surface area contributed by atoms with Gasteiger partial charge in [0.15, 0.2) is 0 Å². The third-order valence-electron chi connectivity index (χ3n) is 2.50. The minimum Gasteiger partial charge on any atom is -0.382 e. The van der Waals surface area contributed by atoms with Crippen molar-refractivity contribution in [2.45, 2.75) is 6.42 Å². The summed E-state index contributed by atoms with van der Waals surface area (Å²) in [4.78, 5) is 15.9. The second-order valence-corrected chi connectivity index (χ2v) is 4.59. The fourth-order valence-electron chi connectivity index (χ4n) is 1.51. The van der Waals surface area contributed by atoms with E-state index in [0.717, 1.165) is 12.1 Å². The average molecular weight is 309 g/mol. The molecular formula is C12H13BrN4O. The van der Waals surface area contributed by atoms with E-state index in [1.165, 1.54) is 4.68 Å². The smallest absolute Gasteiger partial charge is 0.282 e. The standard InChI is InChI=1S/C12H13BrN4O/c1-17-12(18)11(13)10(8-16-17)15-7-5-9-4-2-3-6-14-9/h2-4,6,8,15H,5,7H2,1H3. The van der Waals surface area contributed by atoms with Crippen LogP contribution in [0, 0.1) is 0 Å². The molecule has 0 aliphatic carbocycles. The van der Waals surface area contributed by atoms with Crippen LogP contribution in [0.1, 0.15) is 5.69 Å². The van der Waals surface area contributed by atoms with Gasteiger partial charge >= 0.3 is 0 Å². The lowest BCUT2D eigenvalue weighted by molar-refractivity contribution is 0.703. The SMILES string of the molecule is Cn1ncc(NCCc2ccccn2)c(Br)c1=O. The van der Waals surface area contributed by atoms with Crippen LogP contribution in [-0.4, -0.2) is 21.3 Å². The third-order valence-corrected chi connectivity index (χ3v) is 3.27. The maximum Gasteiger partial charge on any atom is 0.282 e. The van der Waals surface area contributed by atoms with Crippen molar-refractivity contribution in [2.24, 2.45) is 7.05 Å². The topological polar surface area (TPSA) is 59.8 Å². The van der Waals surface area contributed by atoms with E-state index in [-0.39, 0.29) is 5.56 Å². The van der Waals surface area contributed by atoms with E-state index in [4.69, 9.17) is 0 Å². The molecule has 0 spiro atoms. The first-order valence-corrected chi connectivity index (χ1v) is 6.33. The Morgan fingerprint density at radius 2 is 2.28 bits per heavy atom. The van der Waals surface area contributed by atoms with Gasteiger partial charge in [0.25, 0.3) is 5.56 Å². The predicted octanol–water partition coefficient (Wildman–Crippen LogP) is 1.59. The molecular weight excluding hydrogens is 296 g/mol. The lowest BCUT2D eigenvalue weighted by atomic mass is 10.2. The molecule has 6 heteroatoms. The Morgan fingerprint density at radius 1 is 1.44 bits per heavy atom. The average Bonchev–Trinajstić information content (AvgIpc) is 2.40. The zero-order valence-corrected chi connectivity index (χ0v) is 11.5. The lowest BCUT2D eigenvalue weighted by Crippen LogP contribution is -2.21. The molecule has 2 heterocycles. The molecule has 0 aromatic carbocycles. The zero-order chi connectivity index (χ0) is 13.0. The number of aryl methyl sites for hydroxylation is 1. The van der Waals surface area contributed by atoms with E-state index < -0.39 is 0 Å². The first-order chi connectivity index (χ1) is 8.68. The number of nitrogens with zero attached hydrogens (tertiary/aromatic N) is 3. The molecule has 2 rings (SSSR count). The van der Waals surface area contributed by atoms with E-state index in [0.29, 0.717) is 16.7 Å². The van der Waals surface area contributed by atoms with Crippen molar-refractivity contribution in [1.82, 2.24) is 14.8 Å². The highest BCUT2D eigenvalue weighted by Crippen LogP contribution is 2.15. The number of anilines is 1. The highest BCUT2D eigenvalue weighted by Gasteiger charge is 2.05. The number of aromatic nitrogens is 3. The van der Waals surface area contributed by atoms with Crippen molar-refractivity contribution in [3.05, 3.63) is 51.1 Å². The monoisotopic (exact) mass is 308 g/mol. The maximum atomic E-state index is 11.6. The van der Waals surface area contributed by atoms with E-state index in [1.807, 2.05) is 18.2 Å². The molecule has 0 saturated carbocycles. The maximum absolute atomic E-state index is 11.6. The molecule has 2 aromatic rings. The molecule has 0 amide bonds. The van der Waals surface area contributed by atoms with E-state index in [1.54, 1.807) is 19.4 Å². The van der Waals surface area contributed by atoms with Crippen molar-refractivity contribution in [2.75, 3.05) is 11.9 Å². The minimum absolute atomic E-state index is 0.155. The van der Waals surface area contributed by atoms with Gasteiger partial charge in [0.05, 0.1) is 11.9 Å². The van der Waals surface area contributed by atoms with Gasteiger partial charge in [-0.3, -0.25) is 9.78 Å². The third kappa shape index (κ3) is 2.95. The Labute approximate surface area is 113 Å². The molecule has 1 N–H and O–H groups in total. The van der Waals surface area contributed by atoms with Crippen molar-refractivity contribution >= 4 is 21.6 Å². The van der Waals surface area contributed by atoms with Crippen LogP contribution in [0.25, 0.3) is 0 Å². The van der Waals surface area contributed by atoms with Crippen LogP contribution in [0.2, 0.25) is 0 Å². The molecule has 0 saturated heterocycles. The number of halogens is 1. The fourth-order valence-corrected chi connectivity index (χ4v) is 2.00. The summed E-state index contributed by atoms with van der Waals surface area (Å²) < 4.78 is 1.79. The molecule has 0 bridgehead atoms. The Bertz CT molecular complexity index is 582. The van der Waals surface area contributed by atoms with Gasteiger partial charge in [-0.1, -0.05) is 6.07 Å². The van der Waals surface area contributed by atoms with Gasteiger partial charge in [-0.2, -0.15) is 5.10 Å². The molecule has 94 valence electrons. The quantitative estimate of drug-likeness (QED) is 0.932. The molecule has 0 fully saturated rings. The van der Waals surface area contributed by atoms with E-state index in [2.05, 4.69) is 31.3 Å². The Morgan fingerprint density at radius 3 is 3.00 bits per heavy atom. The molecule has 5 nitrogen and oxygen atoms in total. The van der Waals surface area contributed by atoms with Gasteiger partial charge in [-0.25, -0.2) is 4.68 Å². The second kappa shape index (κ2) is 5.77. The highest BCUT2D eigenvalue weighted by atomic mass is 79.9. The summed E-state index contributed by atoms with van der Waals surface area (Å²) in [6, 6.07) is 5.81. The van der Waals surface area contributed by atoms with Gasteiger partial charge in [-0.15, -0.1) is 0 Å². The number of rotatable bonds is 4. The predicted molar refractivity (Wildman–Crippen MR) is 73.6 cm³/mol. The van der Waals surface area contributed by atoms with E-state index >= 15 is 0 Å². The summed E-state index contributed by atoms with van der Waals surface area (Å²) in [5, 5.41) is 7.13.